The maximum atomic E-state index is 12.6. The summed E-state index contributed by atoms with van der Waals surface area (Å²) in [5, 5.41) is 9.30. The molecule has 1 aliphatic carbocycles. The second kappa shape index (κ2) is 5.81. The maximum Gasteiger partial charge on any atom is 0.307 e. The average Bonchev–Trinajstić information content (AvgIpc) is 3.04. The Hall–Kier alpha value is -1.59. The van der Waals surface area contributed by atoms with E-state index in [9.17, 15) is 19.5 Å². The summed E-state index contributed by atoms with van der Waals surface area (Å²) in [6.45, 7) is 2.52. The molecule has 2 aliphatic rings. The zero-order valence-electron chi connectivity index (χ0n) is 11.7. The smallest absolute Gasteiger partial charge is 0.307 e. The number of amides is 2. The monoisotopic (exact) mass is 282 g/mol. The lowest BCUT2D eigenvalue weighted by molar-refractivity contribution is -0.150. The number of nitrogens with zero attached hydrogens (tertiary/aromatic N) is 1. The van der Waals surface area contributed by atoms with Gasteiger partial charge in [-0.2, -0.15) is 0 Å². The molecule has 0 aromatic heterocycles. The molecule has 0 bridgehead atoms. The number of carbonyl (C=O) groups is 3. The van der Waals surface area contributed by atoms with E-state index in [1.54, 1.807) is 0 Å². The van der Waals surface area contributed by atoms with Crippen molar-refractivity contribution in [2.75, 3.05) is 6.54 Å². The quantitative estimate of drug-likeness (QED) is 0.788. The first-order valence-electron chi connectivity index (χ1n) is 7.28. The average molecular weight is 282 g/mol. The van der Waals surface area contributed by atoms with Crippen molar-refractivity contribution in [3.8, 4) is 0 Å². The molecule has 1 heterocycles. The molecule has 1 saturated heterocycles. The van der Waals surface area contributed by atoms with Gasteiger partial charge in [0.25, 0.3) is 0 Å². The lowest BCUT2D eigenvalue weighted by Crippen LogP contribution is -2.47. The van der Waals surface area contributed by atoms with Gasteiger partial charge in [0.15, 0.2) is 0 Å². The molecular weight excluding hydrogens is 260 g/mol. The third kappa shape index (κ3) is 2.64. The van der Waals surface area contributed by atoms with Gasteiger partial charge >= 0.3 is 5.97 Å². The van der Waals surface area contributed by atoms with Crippen molar-refractivity contribution in [3.05, 3.63) is 0 Å². The molecule has 2 rings (SSSR count). The molecule has 2 unspecified atom stereocenters. The number of carbonyl (C=O) groups excluding carboxylic acids is 2. The van der Waals surface area contributed by atoms with E-state index in [0.29, 0.717) is 25.8 Å². The Morgan fingerprint density at radius 3 is 2.45 bits per heavy atom. The van der Waals surface area contributed by atoms with Crippen LogP contribution in [0.4, 0.5) is 0 Å². The Balaban J connectivity index is 2.14. The number of rotatable bonds is 4. The lowest BCUT2D eigenvalue weighted by atomic mass is 9.94. The summed E-state index contributed by atoms with van der Waals surface area (Å²) in [5.41, 5.74) is 5.32. The van der Waals surface area contributed by atoms with Gasteiger partial charge in [-0.05, 0) is 31.6 Å². The molecule has 3 N–H and O–H groups in total. The fraction of sp³-hybridized carbons (Fsp3) is 0.786. The Kier molecular flexibility index (Phi) is 4.30. The summed E-state index contributed by atoms with van der Waals surface area (Å²) in [6, 6.07) is -0.558. The van der Waals surface area contributed by atoms with Crippen LogP contribution in [0.1, 0.15) is 39.0 Å². The molecule has 0 radical (unpaired) electrons. The second-order valence-corrected chi connectivity index (χ2v) is 5.89. The number of nitrogens with two attached hydrogens (primary N) is 1. The van der Waals surface area contributed by atoms with Crippen LogP contribution in [0.3, 0.4) is 0 Å². The van der Waals surface area contributed by atoms with Gasteiger partial charge in [0.2, 0.25) is 11.8 Å². The molecule has 2 fully saturated rings. The molecule has 2 amide bonds. The van der Waals surface area contributed by atoms with Gasteiger partial charge in [0, 0.05) is 6.54 Å². The largest absolute Gasteiger partial charge is 0.481 e. The van der Waals surface area contributed by atoms with Crippen molar-refractivity contribution in [3.63, 3.8) is 0 Å². The summed E-state index contributed by atoms with van der Waals surface area (Å²) in [5.74, 6) is -2.45. The van der Waals surface area contributed by atoms with E-state index in [1.165, 1.54) is 4.90 Å². The molecule has 112 valence electrons. The van der Waals surface area contributed by atoms with Crippen LogP contribution in [-0.4, -0.2) is 40.4 Å². The van der Waals surface area contributed by atoms with E-state index < -0.39 is 29.8 Å². The summed E-state index contributed by atoms with van der Waals surface area (Å²) in [4.78, 5) is 36.8. The number of primary amides is 1. The molecule has 0 aromatic carbocycles. The standard InChI is InChI=1S/C14H22N2O4/c1-2-8-6-9(10(7-8)14(19)20)13(18)16-5-3-4-11(16)12(15)17/h8-11H,2-7H2,1H3,(H2,15,17)(H,19,20)/t8?,9-,10+,11?/m0/s1. The highest BCUT2D eigenvalue weighted by atomic mass is 16.4. The number of carboxylic acids is 1. The van der Waals surface area contributed by atoms with E-state index in [0.717, 1.165) is 12.8 Å². The molecule has 1 saturated carbocycles. The minimum atomic E-state index is -0.908. The zero-order chi connectivity index (χ0) is 14.9. The first-order chi connectivity index (χ1) is 9.45. The third-order valence-electron chi connectivity index (χ3n) is 4.74. The Morgan fingerprint density at radius 1 is 1.25 bits per heavy atom. The first kappa shape index (κ1) is 14.8. The van der Waals surface area contributed by atoms with Crippen LogP contribution in [0.2, 0.25) is 0 Å². The van der Waals surface area contributed by atoms with Crippen LogP contribution < -0.4 is 5.73 Å². The molecule has 0 spiro atoms. The minimum absolute atomic E-state index is 0.199. The third-order valence-corrected chi connectivity index (χ3v) is 4.74. The van der Waals surface area contributed by atoms with Crippen molar-refractivity contribution in [2.24, 2.45) is 23.5 Å². The maximum absolute atomic E-state index is 12.6. The van der Waals surface area contributed by atoms with E-state index in [-0.39, 0.29) is 11.8 Å². The fourth-order valence-electron chi connectivity index (χ4n) is 3.56. The van der Waals surface area contributed by atoms with Gasteiger partial charge in [-0.15, -0.1) is 0 Å². The summed E-state index contributed by atoms with van der Waals surface area (Å²) in [6.07, 6.45) is 3.38. The van der Waals surface area contributed by atoms with Crippen molar-refractivity contribution in [2.45, 2.75) is 45.1 Å². The first-order valence-corrected chi connectivity index (χ1v) is 7.28. The highest BCUT2D eigenvalue weighted by Gasteiger charge is 2.46. The summed E-state index contributed by atoms with van der Waals surface area (Å²) >= 11 is 0. The van der Waals surface area contributed by atoms with Crippen molar-refractivity contribution in [1.82, 2.24) is 4.90 Å². The molecule has 1 aliphatic heterocycles. The topological polar surface area (TPSA) is 101 Å². The molecular formula is C14H22N2O4. The van der Waals surface area contributed by atoms with Crippen LogP contribution in [0, 0.1) is 17.8 Å². The van der Waals surface area contributed by atoms with Crippen LogP contribution in [0.15, 0.2) is 0 Å². The van der Waals surface area contributed by atoms with E-state index in [2.05, 4.69) is 0 Å². The van der Waals surface area contributed by atoms with E-state index in [4.69, 9.17) is 5.73 Å². The molecule has 0 aromatic rings. The van der Waals surface area contributed by atoms with Gasteiger partial charge in [-0.1, -0.05) is 13.3 Å². The van der Waals surface area contributed by atoms with Crippen LogP contribution in [0.5, 0.6) is 0 Å². The Bertz CT molecular complexity index is 423. The second-order valence-electron chi connectivity index (χ2n) is 5.89. The highest BCUT2D eigenvalue weighted by molar-refractivity contribution is 5.90. The van der Waals surface area contributed by atoms with Crippen LogP contribution in [0.25, 0.3) is 0 Å². The molecule has 6 nitrogen and oxygen atoms in total. The van der Waals surface area contributed by atoms with Crippen molar-refractivity contribution < 1.29 is 19.5 Å². The van der Waals surface area contributed by atoms with Crippen LogP contribution >= 0.6 is 0 Å². The predicted octanol–water partition coefficient (Wildman–Crippen LogP) is 0.600. The minimum Gasteiger partial charge on any atom is -0.481 e. The normalized spacial score (nSPS) is 33.4. The predicted molar refractivity (Wildman–Crippen MR) is 71.6 cm³/mol. The van der Waals surface area contributed by atoms with E-state index in [1.807, 2.05) is 6.92 Å². The summed E-state index contributed by atoms with van der Waals surface area (Å²) in [7, 11) is 0. The number of hydrogen-bond acceptors (Lipinski definition) is 3. The lowest BCUT2D eigenvalue weighted by Gasteiger charge is -2.27. The van der Waals surface area contributed by atoms with Gasteiger partial charge in [-0.3, -0.25) is 14.4 Å². The SMILES string of the molecule is CCC1C[C@H](C(=O)N2CCCC2C(N)=O)[C@H](C(=O)O)C1. The van der Waals surface area contributed by atoms with Gasteiger partial charge in [0.1, 0.15) is 6.04 Å². The van der Waals surface area contributed by atoms with Gasteiger partial charge in [-0.25, -0.2) is 0 Å². The van der Waals surface area contributed by atoms with Crippen molar-refractivity contribution in [1.29, 1.82) is 0 Å². The Labute approximate surface area is 118 Å². The summed E-state index contributed by atoms with van der Waals surface area (Å²) < 4.78 is 0. The number of aliphatic carboxylic acids is 1. The van der Waals surface area contributed by atoms with Gasteiger partial charge < -0.3 is 15.7 Å². The number of hydrogen-bond donors (Lipinski definition) is 2. The molecule has 20 heavy (non-hydrogen) atoms. The number of likely N-dealkylation sites (tertiary alicyclic amines) is 1. The zero-order valence-corrected chi connectivity index (χ0v) is 11.7. The fourth-order valence-corrected chi connectivity index (χ4v) is 3.56. The number of carboxylic acid groups (broad SMARTS) is 1. The Morgan fingerprint density at radius 2 is 1.90 bits per heavy atom. The van der Waals surface area contributed by atoms with Crippen molar-refractivity contribution >= 4 is 17.8 Å². The van der Waals surface area contributed by atoms with Gasteiger partial charge in [0.05, 0.1) is 11.8 Å². The molecule has 6 heteroatoms. The van der Waals surface area contributed by atoms with Crippen LogP contribution in [-0.2, 0) is 14.4 Å². The highest BCUT2D eigenvalue weighted by Crippen LogP contribution is 2.40. The molecule has 4 atom stereocenters. The van der Waals surface area contributed by atoms with E-state index >= 15 is 0 Å².